The molecule has 0 amide bonds. The highest BCUT2D eigenvalue weighted by Gasteiger charge is 2.24. The van der Waals surface area contributed by atoms with Crippen LogP contribution < -0.4 is 5.32 Å². The van der Waals surface area contributed by atoms with Gasteiger partial charge in [0.05, 0.1) is 6.04 Å². The van der Waals surface area contributed by atoms with Crippen molar-refractivity contribution < 1.29 is 8.78 Å². The molecule has 0 aliphatic rings. The van der Waals surface area contributed by atoms with E-state index in [9.17, 15) is 8.78 Å². The number of nitrogens with one attached hydrogen (secondary N) is 1. The number of halogens is 4. The van der Waals surface area contributed by atoms with Crippen LogP contribution >= 0.6 is 27.5 Å². The third-order valence-corrected chi connectivity index (χ3v) is 4.12. The van der Waals surface area contributed by atoms with Gasteiger partial charge >= 0.3 is 0 Å². The Bertz CT molecular complexity index is 661. The molecule has 0 spiro atoms. The molecule has 2 aromatic carbocycles. The predicted molar refractivity (Wildman–Crippen MR) is 85.8 cm³/mol. The number of hydrogen-bond acceptors (Lipinski definition) is 1. The Kier molecular flexibility index (Phi) is 5.36. The van der Waals surface area contributed by atoms with Crippen molar-refractivity contribution in [2.45, 2.75) is 19.9 Å². The molecule has 0 fully saturated rings. The van der Waals surface area contributed by atoms with Crippen molar-refractivity contribution in [1.82, 2.24) is 5.32 Å². The molecule has 0 aromatic heterocycles. The molecule has 2 aromatic rings. The Balaban J connectivity index is 2.64. The molecule has 21 heavy (non-hydrogen) atoms. The average molecular weight is 375 g/mol. The lowest BCUT2D eigenvalue weighted by Crippen LogP contribution is -2.25. The lowest BCUT2D eigenvalue weighted by atomic mass is 9.96. The minimum atomic E-state index is -0.639. The van der Waals surface area contributed by atoms with E-state index in [1.807, 2.05) is 6.92 Å². The Morgan fingerprint density at radius 2 is 1.95 bits per heavy atom. The van der Waals surface area contributed by atoms with Gasteiger partial charge in [0.25, 0.3) is 0 Å². The monoisotopic (exact) mass is 373 g/mol. The first kappa shape index (κ1) is 16.4. The van der Waals surface area contributed by atoms with Gasteiger partial charge in [0.15, 0.2) is 0 Å². The third kappa shape index (κ3) is 3.44. The molecule has 0 heterocycles. The molecule has 0 bridgehead atoms. The summed E-state index contributed by atoms with van der Waals surface area (Å²) >= 11 is 9.58. The van der Waals surface area contributed by atoms with Crippen LogP contribution in [0.25, 0.3) is 0 Å². The Labute approximate surface area is 136 Å². The summed E-state index contributed by atoms with van der Waals surface area (Å²) in [7, 11) is 0. The van der Waals surface area contributed by atoms with Crippen molar-refractivity contribution in [3.63, 3.8) is 0 Å². The molecule has 0 radical (unpaired) electrons. The molecule has 0 aliphatic heterocycles. The zero-order valence-corrected chi connectivity index (χ0v) is 14.0. The van der Waals surface area contributed by atoms with E-state index in [1.165, 1.54) is 12.1 Å². The molecule has 2 rings (SSSR count). The van der Waals surface area contributed by atoms with Crippen LogP contribution in [0.15, 0.2) is 34.8 Å². The van der Waals surface area contributed by atoms with Crippen LogP contribution in [0.1, 0.15) is 29.7 Å². The molecular formula is C16H15BrClF2N. The highest BCUT2D eigenvalue weighted by Crippen LogP contribution is 2.34. The van der Waals surface area contributed by atoms with Gasteiger partial charge in [-0.3, -0.25) is 0 Å². The molecule has 1 atom stereocenters. The summed E-state index contributed by atoms with van der Waals surface area (Å²) in [5, 5.41) is 3.57. The van der Waals surface area contributed by atoms with E-state index >= 15 is 0 Å². The fourth-order valence-electron chi connectivity index (χ4n) is 2.25. The van der Waals surface area contributed by atoms with Crippen LogP contribution in [0, 0.1) is 18.6 Å². The zero-order valence-electron chi connectivity index (χ0n) is 11.7. The smallest absolute Gasteiger partial charge is 0.134 e. The highest BCUT2D eigenvalue weighted by molar-refractivity contribution is 9.10. The van der Waals surface area contributed by atoms with Crippen LogP contribution in [-0.4, -0.2) is 6.54 Å². The van der Waals surface area contributed by atoms with Gasteiger partial charge in [-0.2, -0.15) is 0 Å². The average Bonchev–Trinajstić information content (AvgIpc) is 2.45. The quantitative estimate of drug-likeness (QED) is 0.757. The first-order chi connectivity index (χ1) is 9.95. The molecule has 0 aliphatic carbocycles. The largest absolute Gasteiger partial charge is 0.306 e. The minimum Gasteiger partial charge on any atom is -0.306 e. The first-order valence-corrected chi connectivity index (χ1v) is 7.75. The van der Waals surface area contributed by atoms with Crippen molar-refractivity contribution in [2.24, 2.45) is 0 Å². The number of hydrogen-bond donors (Lipinski definition) is 1. The molecule has 5 heteroatoms. The van der Waals surface area contributed by atoms with Crippen LogP contribution in [0.5, 0.6) is 0 Å². The van der Waals surface area contributed by atoms with Crippen LogP contribution in [-0.2, 0) is 0 Å². The summed E-state index contributed by atoms with van der Waals surface area (Å²) in [6.45, 7) is 4.05. The summed E-state index contributed by atoms with van der Waals surface area (Å²) in [5.74, 6) is -1.13. The second-order valence-corrected chi connectivity index (χ2v) is 6.07. The molecular weight excluding hydrogens is 360 g/mol. The first-order valence-electron chi connectivity index (χ1n) is 6.58. The van der Waals surface area contributed by atoms with Crippen molar-refractivity contribution in [2.75, 3.05) is 6.54 Å². The van der Waals surface area contributed by atoms with E-state index < -0.39 is 17.7 Å². The number of rotatable bonds is 4. The van der Waals surface area contributed by atoms with Crippen molar-refractivity contribution in [3.8, 4) is 0 Å². The van der Waals surface area contributed by atoms with Gasteiger partial charge in [-0.25, -0.2) is 8.78 Å². The maximum atomic E-state index is 14.4. The number of aryl methyl sites for hydroxylation is 1. The van der Waals surface area contributed by atoms with E-state index in [4.69, 9.17) is 11.6 Å². The van der Waals surface area contributed by atoms with Gasteiger partial charge in [-0.1, -0.05) is 40.5 Å². The maximum absolute atomic E-state index is 14.4. The third-order valence-electron chi connectivity index (χ3n) is 3.29. The van der Waals surface area contributed by atoms with Crippen LogP contribution in [0.3, 0.4) is 0 Å². The summed E-state index contributed by atoms with van der Waals surface area (Å²) in [4.78, 5) is 0. The summed E-state index contributed by atoms with van der Waals surface area (Å²) < 4.78 is 29.4. The van der Waals surface area contributed by atoms with Crippen LogP contribution in [0.4, 0.5) is 8.78 Å². The molecule has 1 N–H and O–H groups in total. The summed E-state index contributed by atoms with van der Waals surface area (Å²) in [6.07, 6.45) is 0. The second-order valence-electron chi connectivity index (χ2n) is 4.75. The fourth-order valence-corrected chi connectivity index (χ4v) is 2.86. The molecule has 0 saturated heterocycles. The van der Waals surface area contributed by atoms with E-state index in [2.05, 4.69) is 21.2 Å². The molecule has 1 unspecified atom stereocenters. The van der Waals surface area contributed by atoms with Crippen molar-refractivity contribution in [1.29, 1.82) is 0 Å². The van der Waals surface area contributed by atoms with Crippen LogP contribution in [0.2, 0.25) is 5.02 Å². The van der Waals surface area contributed by atoms with Gasteiger partial charge < -0.3 is 5.32 Å². The SMILES string of the molecule is CCNC(c1cc(Br)ccc1Cl)c1c(F)ccc(C)c1F. The predicted octanol–water partition coefficient (Wildman–Crippen LogP) is 5.39. The fraction of sp³-hybridized carbons (Fsp3) is 0.250. The minimum absolute atomic E-state index is 0.00292. The molecule has 112 valence electrons. The van der Waals surface area contributed by atoms with Crippen molar-refractivity contribution in [3.05, 3.63) is 68.2 Å². The Morgan fingerprint density at radius 3 is 2.62 bits per heavy atom. The van der Waals surface area contributed by atoms with Gasteiger partial charge in [0, 0.05) is 15.1 Å². The summed E-state index contributed by atoms with van der Waals surface area (Å²) in [6, 6.07) is 7.34. The van der Waals surface area contributed by atoms with Gasteiger partial charge in [-0.05, 0) is 48.9 Å². The Morgan fingerprint density at radius 1 is 1.24 bits per heavy atom. The van der Waals surface area contributed by atoms with Gasteiger partial charge in [0.2, 0.25) is 0 Å². The second kappa shape index (κ2) is 6.86. The van der Waals surface area contributed by atoms with Crippen molar-refractivity contribution >= 4 is 27.5 Å². The number of benzene rings is 2. The van der Waals surface area contributed by atoms with E-state index in [0.29, 0.717) is 22.7 Å². The lowest BCUT2D eigenvalue weighted by Gasteiger charge is -2.22. The molecule has 0 saturated carbocycles. The maximum Gasteiger partial charge on any atom is 0.134 e. The zero-order chi connectivity index (χ0) is 15.6. The van der Waals surface area contributed by atoms with Gasteiger partial charge in [-0.15, -0.1) is 0 Å². The lowest BCUT2D eigenvalue weighted by molar-refractivity contribution is 0.506. The highest BCUT2D eigenvalue weighted by atomic mass is 79.9. The standard InChI is InChI=1S/C16H15BrClF2N/c1-3-21-16(11-8-10(17)5-6-12(11)18)14-13(19)7-4-9(2)15(14)20/h4-8,16,21H,3H2,1-2H3. The van der Waals surface area contributed by atoms with E-state index in [-0.39, 0.29) is 5.56 Å². The normalized spacial score (nSPS) is 12.5. The Hall–Kier alpha value is -0.970. The van der Waals surface area contributed by atoms with E-state index in [1.54, 1.807) is 25.1 Å². The summed E-state index contributed by atoms with van der Waals surface area (Å²) in [5.41, 5.74) is 1.04. The van der Waals surface area contributed by atoms with Gasteiger partial charge in [0.1, 0.15) is 11.6 Å². The molecule has 1 nitrogen and oxygen atoms in total. The van der Waals surface area contributed by atoms with E-state index in [0.717, 1.165) is 4.47 Å². The topological polar surface area (TPSA) is 12.0 Å².